The number of alkyl halides is 6. The normalized spacial score (nSPS) is 36.3. The maximum Gasteiger partial charge on any atom is 0.432 e. The van der Waals surface area contributed by atoms with Crippen molar-refractivity contribution in [3.8, 4) is 0 Å². The Labute approximate surface area is 369 Å². The first-order valence-corrected chi connectivity index (χ1v) is 21.9. The van der Waals surface area contributed by atoms with Gasteiger partial charge in [-0.05, 0) is 73.0 Å². The van der Waals surface area contributed by atoms with Crippen LogP contribution in [0.3, 0.4) is 0 Å². The molecule has 4 saturated carbocycles. The van der Waals surface area contributed by atoms with Crippen LogP contribution in [0, 0.1) is 46.3 Å². The van der Waals surface area contributed by atoms with Crippen molar-refractivity contribution in [1.29, 1.82) is 0 Å². The van der Waals surface area contributed by atoms with Gasteiger partial charge in [0.15, 0.2) is 0 Å². The van der Waals surface area contributed by atoms with Gasteiger partial charge in [-0.15, -0.1) is 0 Å². The van der Waals surface area contributed by atoms with Crippen molar-refractivity contribution in [2.24, 2.45) is 46.3 Å². The molecular weight excluding hydrogens is 854 g/mol. The molecule has 2 aromatic rings. The number of fused-ring (bicyclic) bond motifs is 5. The number of esters is 2. The Hall–Kier alpha value is -3.32. The van der Waals surface area contributed by atoms with Crippen LogP contribution in [0.15, 0.2) is 60.7 Å². The smallest absolute Gasteiger partial charge is 0.432 e. The SMILES string of the molecule is CO[C@@](C(=O)O[C@H](C[C@@H](C)[C@H]1C[C@@H](O)[C@@H]2[C@]1(C)CC[C@H]1[C@@]2(O)C[C@@H](O)C2[C@@H](O)[C@@H](O)CC[C@@]21C)[C@@H](OC(=O)[C@](OC)(c1ccccc1)C(F)(F)F)C(C)C)(c1ccccc1)C(F)(F)F. The van der Waals surface area contributed by atoms with Crippen molar-refractivity contribution in [3.05, 3.63) is 71.8 Å². The molecule has 1 unspecified atom stereocenters. The second kappa shape index (κ2) is 17.7. The molecule has 64 heavy (non-hydrogen) atoms. The molecule has 4 aliphatic carbocycles. The summed E-state index contributed by atoms with van der Waals surface area (Å²) in [7, 11) is 1.33. The van der Waals surface area contributed by atoms with Crippen LogP contribution in [0.2, 0.25) is 0 Å². The lowest BCUT2D eigenvalue weighted by atomic mass is 9.41. The van der Waals surface area contributed by atoms with Crippen LogP contribution >= 0.6 is 0 Å². The van der Waals surface area contributed by atoms with Crippen LogP contribution in [-0.2, 0) is 39.7 Å². The molecule has 6 rings (SSSR count). The molecule has 0 spiro atoms. The van der Waals surface area contributed by atoms with Crippen LogP contribution in [-0.4, -0.2) is 106 Å². The van der Waals surface area contributed by atoms with E-state index in [9.17, 15) is 35.1 Å². The number of methoxy groups -OCH3 is 2. The van der Waals surface area contributed by atoms with Crippen LogP contribution in [0.4, 0.5) is 26.3 Å². The summed E-state index contributed by atoms with van der Waals surface area (Å²) in [5.41, 5.74) is -12.1. The number of hydrogen-bond acceptors (Lipinski definition) is 11. The predicted octanol–water partition coefficient (Wildman–Crippen LogP) is 6.75. The van der Waals surface area contributed by atoms with Crippen molar-refractivity contribution in [1.82, 2.24) is 0 Å². The molecule has 0 heterocycles. The van der Waals surface area contributed by atoms with E-state index in [1.807, 2.05) is 13.8 Å². The Morgan fingerprint density at radius 1 is 0.719 bits per heavy atom. The molecule has 4 aliphatic rings. The Bertz CT molecular complexity index is 1950. The first-order valence-electron chi connectivity index (χ1n) is 21.9. The van der Waals surface area contributed by atoms with Gasteiger partial charge in [0.05, 0.1) is 30.0 Å². The fourth-order valence-electron chi connectivity index (χ4n) is 13.1. The molecule has 11 nitrogen and oxygen atoms in total. The highest BCUT2D eigenvalue weighted by atomic mass is 19.4. The summed E-state index contributed by atoms with van der Waals surface area (Å²) in [5.74, 6) is -8.29. The van der Waals surface area contributed by atoms with Gasteiger partial charge in [-0.2, -0.15) is 26.3 Å². The number of carbonyl (C=O) groups excluding carboxylic acids is 2. The Morgan fingerprint density at radius 3 is 1.67 bits per heavy atom. The van der Waals surface area contributed by atoms with Gasteiger partial charge in [0.25, 0.3) is 11.2 Å². The molecule has 2 aromatic carbocycles. The summed E-state index contributed by atoms with van der Waals surface area (Å²) in [6, 6.07) is 11.9. The quantitative estimate of drug-likeness (QED) is 0.106. The van der Waals surface area contributed by atoms with E-state index in [1.165, 1.54) is 50.2 Å². The molecule has 0 bridgehead atoms. The average molecular weight is 917 g/mol. The lowest BCUT2D eigenvalue weighted by molar-refractivity contribution is -0.287. The van der Waals surface area contributed by atoms with Gasteiger partial charge < -0.3 is 44.5 Å². The minimum Gasteiger partial charge on any atom is -0.456 e. The summed E-state index contributed by atoms with van der Waals surface area (Å²) in [4.78, 5) is 28.5. The van der Waals surface area contributed by atoms with Crippen LogP contribution < -0.4 is 0 Å². The van der Waals surface area contributed by atoms with Crippen molar-refractivity contribution in [2.75, 3.05) is 14.2 Å². The number of aliphatic hydroxyl groups is 5. The van der Waals surface area contributed by atoms with E-state index in [-0.39, 0.29) is 25.7 Å². The fraction of sp³-hybridized carbons (Fsp3) is 0.702. The zero-order valence-corrected chi connectivity index (χ0v) is 37.1. The lowest BCUT2D eigenvalue weighted by Gasteiger charge is -2.66. The standard InChI is InChI=1S/C47H62F6O11/c1-25(2)37(64-40(59)45(62-7,47(51,52)53)28-16-12-9-13-17-28)33(63-39(58)44(61-6,46(48,49)50)27-14-10-8-11-15-27)22-26(3)29-23-31(55)38-41(29,4)21-19-34-42(5)20-18-30(54)36(57)35(42)32(56)24-43(34,38)60/h8-17,25-26,29-38,54-57,60H,18-24H2,1-7H3/t26-,29-,30+,31-,32-,33-,34-,35?,36+,37+,38-,41-,42-,43+,44-,45-/m1/s1. The average Bonchev–Trinajstić information content (AvgIpc) is 3.49. The second-order valence-corrected chi connectivity index (χ2v) is 19.6. The first-order chi connectivity index (χ1) is 29.7. The van der Waals surface area contributed by atoms with Crippen LogP contribution in [0.5, 0.6) is 0 Å². The number of hydrogen-bond donors (Lipinski definition) is 5. The van der Waals surface area contributed by atoms with Gasteiger partial charge in [0.1, 0.15) is 12.2 Å². The highest BCUT2D eigenvalue weighted by Crippen LogP contribution is 2.70. The maximum absolute atomic E-state index is 15.3. The molecule has 16 atom stereocenters. The minimum absolute atomic E-state index is 0.0468. The fourth-order valence-corrected chi connectivity index (χ4v) is 13.1. The van der Waals surface area contributed by atoms with E-state index in [0.717, 1.165) is 24.3 Å². The Kier molecular flexibility index (Phi) is 13.9. The Balaban J connectivity index is 1.40. The van der Waals surface area contributed by atoms with E-state index in [2.05, 4.69) is 0 Å². The maximum atomic E-state index is 15.3. The summed E-state index contributed by atoms with van der Waals surface area (Å²) >= 11 is 0. The van der Waals surface area contributed by atoms with E-state index in [4.69, 9.17) is 18.9 Å². The number of ether oxygens (including phenoxy) is 4. The predicted molar refractivity (Wildman–Crippen MR) is 218 cm³/mol. The van der Waals surface area contributed by atoms with Gasteiger partial charge >= 0.3 is 24.3 Å². The van der Waals surface area contributed by atoms with Crippen LogP contribution in [0.25, 0.3) is 0 Å². The van der Waals surface area contributed by atoms with Gasteiger partial charge in [-0.25, -0.2) is 9.59 Å². The third-order valence-electron chi connectivity index (χ3n) is 16.0. The highest BCUT2D eigenvalue weighted by molar-refractivity contribution is 5.84. The molecule has 0 aliphatic heterocycles. The molecule has 17 heteroatoms. The van der Waals surface area contributed by atoms with Gasteiger partial charge in [-0.3, -0.25) is 0 Å². The molecule has 5 N–H and O–H groups in total. The number of benzene rings is 2. The number of halogens is 6. The molecule has 0 radical (unpaired) electrons. The summed E-state index contributed by atoms with van der Waals surface area (Å²) in [5, 5.41) is 58.0. The summed E-state index contributed by atoms with van der Waals surface area (Å²) < 4.78 is 113. The van der Waals surface area contributed by atoms with E-state index >= 15 is 26.3 Å². The van der Waals surface area contributed by atoms with E-state index < -0.39 is 135 Å². The third-order valence-corrected chi connectivity index (χ3v) is 16.0. The number of aliphatic hydroxyl groups excluding tert-OH is 4. The van der Waals surface area contributed by atoms with Crippen molar-refractivity contribution in [3.63, 3.8) is 0 Å². The van der Waals surface area contributed by atoms with Crippen molar-refractivity contribution >= 4 is 11.9 Å². The minimum atomic E-state index is -5.44. The Morgan fingerprint density at radius 2 is 1.20 bits per heavy atom. The van der Waals surface area contributed by atoms with E-state index in [0.29, 0.717) is 33.5 Å². The second-order valence-electron chi connectivity index (χ2n) is 19.6. The van der Waals surface area contributed by atoms with Gasteiger partial charge in [-0.1, -0.05) is 95.3 Å². The molecule has 0 saturated heterocycles. The zero-order valence-electron chi connectivity index (χ0n) is 37.1. The monoisotopic (exact) mass is 916 g/mol. The number of rotatable bonds is 13. The molecule has 0 aromatic heterocycles. The molecule has 358 valence electrons. The molecule has 4 fully saturated rings. The van der Waals surface area contributed by atoms with Gasteiger partial charge in [0, 0.05) is 43.6 Å². The molecular formula is C47H62F6O11. The largest absolute Gasteiger partial charge is 0.456 e. The summed E-state index contributed by atoms with van der Waals surface area (Å²) in [6.45, 7) is 8.32. The van der Waals surface area contributed by atoms with Crippen LogP contribution in [0.1, 0.15) is 90.7 Å². The third kappa shape index (κ3) is 7.85. The number of carbonyl (C=O) groups is 2. The summed E-state index contributed by atoms with van der Waals surface area (Å²) in [6.07, 6.45) is -18.3. The molecule has 0 amide bonds. The van der Waals surface area contributed by atoms with E-state index in [1.54, 1.807) is 6.92 Å². The van der Waals surface area contributed by atoms with Crippen molar-refractivity contribution in [2.45, 2.75) is 145 Å². The van der Waals surface area contributed by atoms with Crippen molar-refractivity contribution < 1.29 is 80.4 Å². The topological polar surface area (TPSA) is 172 Å². The lowest BCUT2D eigenvalue weighted by Crippen LogP contribution is -2.70. The van der Waals surface area contributed by atoms with Gasteiger partial charge in [0.2, 0.25) is 0 Å². The zero-order chi connectivity index (χ0) is 47.6. The highest BCUT2D eigenvalue weighted by Gasteiger charge is 2.72. The first kappa shape index (κ1) is 50.1.